The molecule has 0 spiro atoms. The number of ether oxygens (including phenoxy) is 1. The first-order valence-electron chi connectivity index (χ1n) is 10.3. The maximum atomic E-state index is 12.8. The van der Waals surface area contributed by atoms with E-state index in [1.807, 2.05) is 0 Å². The topological polar surface area (TPSA) is 111 Å². The summed E-state index contributed by atoms with van der Waals surface area (Å²) in [5.41, 5.74) is -0.0170. The molecular weight excluding hydrogens is 374 g/mol. The molecule has 5 rings (SSSR count). The van der Waals surface area contributed by atoms with E-state index in [0.29, 0.717) is 23.4 Å². The average Bonchev–Trinajstić information content (AvgIpc) is 2.65. The third-order valence-corrected chi connectivity index (χ3v) is 6.78. The number of esters is 1. The number of hydrogen-bond acceptors (Lipinski definition) is 6. The van der Waals surface area contributed by atoms with Crippen LogP contribution in [0.15, 0.2) is 18.2 Å². The lowest BCUT2D eigenvalue weighted by Gasteiger charge is -2.57. The van der Waals surface area contributed by atoms with Gasteiger partial charge in [-0.2, -0.15) is 0 Å². The zero-order valence-corrected chi connectivity index (χ0v) is 16.8. The van der Waals surface area contributed by atoms with Crippen LogP contribution >= 0.6 is 0 Å². The maximum absolute atomic E-state index is 12.8. The molecule has 4 fully saturated rings. The van der Waals surface area contributed by atoms with Crippen molar-refractivity contribution < 1.29 is 19.2 Å². The summed E-state index contributed by atoms with van der Waals surface area (Å²) in [6, 6.07) is 4.07. The summed E-state index contributed by atoms with van der Waals surface area (Å²) >= 11 is 0. The largest absolute Gasteiger partial charge is 0.449 e. The molecule has 1 aromatic rings. The van der Waals surface area contributed by atoms with Gasteiger partial charge in [-0.05, 0) is 75.3 Å². The zero-order chi connectivity index (χ0) is 20.8. The fourth-order valence-electron chi connectivity index (χ4n) is 5.93. The Morgan fingerprint density at radius 1 is 1.17 bits per heavy atom. The van der Waals surface area contributed by atoms with Gasteiger partial charge < -0.3 is 15.4 Å². The molecule has 0 saturated heterocycles. The Bertz CT molecular complexity index is 817. The molecule has 8 nitrogen and oxygen atoms in total. The van der Waals surface area contributed by atoms with Crippen LogP contribution in [0, 0.1) is 27.9 Å². The van der Waals surface area contributed by atoms with Crippen LogP contribution in [0.4, 0.5) is 11.4 Å². The van der Waals surface area contributed by atoms with Crippen molar-refractivity contribution in [1.82, 2.24) is 5.32 Å². The fourth-order valence-corrected chi connectivity index (χ4v) is 5.93. The molecule has 0 aliphatic heterocycles. The number of rotatable bonds is 6. The maximum Gasteiger partial charge on any atom is 0.339 e. The van der Waals surface area contributed by atoms with Gasteiger partial charge in [0.15, 0.2) is 6.10 Å². The Morgan fingerprint density at radius 3 is 2.28 bits per heavy atom. The van der Waals surface area contributed by atoms with Crippen LogP contribution in [0.5, 0.6) is 0 Å². The monoisotopic (exact) mass is 401 g/mol. The number of nitro benzene ring substituents is 1. The van der Waals surface area contributed by atoms with Crippen molar-refractivity contribution in [2.24, 2.45) is 17.8 Å². The molecule has 4 saturated carbocycles. The lowest BCUT2D eigenvalue weighted by atomic mass is 9.53. The number of nitrogens with one attached hydrogen (secondary N) is 2. The normalized spacial score (nSPS) is 30.5. The predicted molar refractivity (Wildman–Crippen MR) is 107 cm³/mol. The molecule has 8 heteroatoms. The number of carbonyl (C=O) groups is 2. The summed E-state index contributed by atoms with van der Waals surface area (Å²) in [6.45, 7) is 1.55. The molecule has 0 aromatic heterocycles. The number of carbonyl (C=O) groups excluding carboxylic acids is 2. The van der Waals surface area contributed by atoms with E-state index in [4.69, 9.17) is 4.74 Å². The number of benzene rings is 1. The number of anilines is 1. The highest BCUT2D eigenvalue weighted by Gasteiger charge is 2.51. The van der Waals surface area contributed by atoms with Crippen LogP contribution in [-0.4, -0.2) is 35.5 Å². The van der Waals surface area contributed by atoms with Crippen LogP contribution < -0.4 is 10.6 Å². The van der Waals surface area contributed by atoms with Crippen LogP contribution in [0.1, 0.15) is 55.8 Å². The van der Waals surface area contributed by atoms with Crippen LogP contribution in [0.2, 0.25) is 0 Å². The van der Waals surface area contributed by atoms with Crippen LogP contribution in [0.3, 0.4) is 0 Å². The van der Waals surface area contributed by atoms with Gasteiger partial charge in [0.2, 0.25) is 0 Å². The van der Waals surface area contributed by atoms with Crippen molar-refractivity contribution in [3.8, 4) is 0 Å². The Labute approximate surface area is 169 Å². The summed E-state index contributed by atoms with van der Waals surface area (Å²) in [5, 5.41) is 17.1. The standard InChI is InChI=1S/C21H27N3O5/c1-12(29-20(26)16-3-4-17(22-2)18(8-16)24(27)28)19(25)23-21-9-13-5-14(10-21)7-15(6-13)11-21/h3-4,8,12-15,22H,5-7,9-11H2,1-2H3,(H,23,25)/t12-,13?,14?,15?,21?/m1/s1. The molecule has 1 atom stereocenters. The Balaban J connectivity index is 1.41. The van der Waals surface area contributed by atoms with E-state index in [0.717, 1.165) is 25.3 Å². The van der Waals surface area contributed by atoms with Crippen molar-refractivity contribution in [3.05, 3.63) is 33.9 Å². The van der Waals surface area contributed by atoms with Crippen molar-refractivity contribution >= 4 is 23.3 Å². The first kappa shape index (κ1) is 19.7. The van der Waals surface area contributed by atoms with Gasteiger partial charge in [0.25, 0.3) is 11.6 Å². The summed E-state index contributed by atoms with van der Waals surface area (Å²) in [7, 11) is 1.57. The van der Waals surface area contributed by atoms with Gasteiger partial charge in [-0.15, -0.1) is 0 Å². The predicted octanol–water partition coefficient (Wildman–Crippen LogP) is 3.27. The number of nitrogens with zero attached hydrogens (tertiary/aromatic N) is 1. The molecule has 29 heavy (non-hydrogen) atoms. The Hall–Kier alpha value is -2.64. The van der Waals surface area contributed by atoms with Gasteiger partial charge in [-0.1, -0.05) is 0 Å². The minimum Gasteiger partial charge on any atom is -0.449 e. The fraction of sp³-hybridized carbons (Fsp3) is 0.619. The molecule has 4 aliphatic carbocycles. The van der Waals surface area contributed by atoms with E-state index in [1.165, 1.54) is 31.4 Å². The summed E-state index contributed by atoms with van der Waals surface area (Å²) < 4.78 is 5.33. The van der Waals surface area contributed by atoms with E-state index in [9.17, 15) is 19.7 Å². The molecule has 156 valence electrons. The SMILES string of the molecule is CNc1ccc(C(=O)O[C@H](C)C(=O)NC23CC4CC(CC(C4)C2)C3)cc1[N+](=O)[O-]. The zero-order valence-electron chi connectivity index (χ0n) is 16.8. The summed E-state index contributed by atoms with van der Waals surface area (Å²) in [6.07, 6.45) is 5.93. The molecule has 0 radical (unpaired) electrons. The number of nitro groups is 1. The van der Waals surface area contributed by atoms with E-state index >= 15 is 0 Å². The van der Waals surface area contributed by atoms with E-state index < -0.39 is 17.0 Å². The smallest absolute Gasteiger partial charge is 0.339 e. The molecule has 1 aromatic carbocycles. The average molecular weight is 401 g/mol. The molecule has 0 unspecified atom stereocenters. The van der Waals surface area contributed by atoms with Crippen molar-refractivity contribution in [1.29, 1.82) is 0 Å². The van der Waals surface area contributed by atoms with Crippen molar-refractivity contribution in [2.75, 3.05) is 12.4 Å². The number of amides is 1. The molecule has 4 aliphatic rings. The quantitative estimate of drug-likeness (QED) is 0.430. The second kappa shape index (κ2) is 7.31. The first-order valence-corrected chi connectivity index (χ1v) is 10.3. The molecule has 1 amide bonds. The first-order chi connectivity index (χ1) is 13.8. The molecule has 4 bridgehead atoms. The summed E-state index contributed by atoms with van der Waals surface area (Å²) in [4.78, 5) is 35.8. The lowest BCUT2D eigenvalue weighted by molar-refractivity contribution is -0.384. The Morgan fingerprint density at radius 2 is 1.76 bits per heavy atom. The van der Waals surface area contributed by atoms with Gasteiger partial charge in [-0.3, -0.25) is 14.9 Å². The highest BCUT2D eigenvalue weighted by atomic mass is 16.6. The molecule has 2 N–H and O–H groups in total. The van der Waals surface area contributed by atoms with Crippen molar-refractivity contribution in [3.63, 3.8) is 0 Å². The van der Waals surface area contributed by atoms with E-state index in [1.54, 1.807) is 14.0 Å². The van der Waals surface area contributed by atoms with E-state index in [-0.39, 0.29) is 22.7 Å². The molecular formula is C21H27N3O5. The Kier molecular flexibility index (Phi) is 4.96. The number of hydrogen-bond donors (Lipinski definition) is 2. The second-order valence-corrected chi connectivity index (χ2v) is 8.97. The van der Waals surface area contributed by atoms with E-state index in [2.05, 4.69) is 10.6 Å². The van der Waals surface area contributed by atoms with Gasteiger partial charge >= 0.3 is 5.97 Å². The van der Waals surface area contributed by atoms with Gasteiger partial charge in [0.05, 0.1) is 10.5 Å². The highest BCUT2D eigenvalue weighted by molar-refractivity contribution is 5.93. The third-order valence-electron chi connectivity index (χ3n) is 6.78. The van der Waals surface area contributed by atoms with Gasteiger partial charge in [-0.25, -0.2) is 4.79 Å². The molecule has 0 heterocycles. The van der Waals surface area contributed by atoms with Crippen LogP contribution in [0.25, 0.3) is 0 Å². The second-order valence-electron chi connectivity index (χ2n) is 8.97. The minimum atomic E-state index is -0.960. The van der Waals surface area contributed by atoms with Gasteiger partial charge in [0, 0.05) is 18.7 Å². The highest BCUT2D eigenvalue weighted by Crippen LogP contribution is 2.55. The lowest BCUT2D eigenvalue weighted by Crippen LogP contribution is -2.61. The van der Waals surface area contributed by atoms with Gasteiger partial charge in [0.1, 0.15) is 5.69 Å². The van der Waals surface area contributed by atoms with Crippen LogP contribution in [-0.2, 0) is 9.53 Å². The third kappa shape index (κ3) is 3.80. The van der Waals surface area contributed by atoms with Crippen molar-refractivity contribution in [2.45, 2.75) is 57.1 Å². The summed E-state index contributed by atoms with van der Waals surface area (Å²) in [5.74, 6) is 1.06. The minimum absolute atomic E-state index is 0.0464.